The first-order valence-electron chi connectivity index (χ1n) is 4.97. The fourth-order valence-corrected chi connectivity index (χ4v) is 2.00. The lowest BCUT2D eigenvalue weighted by Gasteiger charge is -2.12. The summed E-state index contributed by atoms with van der Waals surface area (Å²) in [5, 5.41) is 0. The van der Waals surface area contributed by atoms with Gasteiger partial charge in [-0.2, -0.15) is 13.2 Å². The molecule has 0 radical (unpaired) electrons. The van der Waals surface area contributed by atoms with E-state index in [1.54, 1.807) is 18.2 Å². The Morgan fingerprint density at radius 1 is 1.29 bits per heavy atom. The van der Waals surface area contributed by atoms with Crippen molar-refractivity contribution in [3.63, 3.8) is 0 Å². The molecule has 1 rings (SSSR count). The Balaban J connectivity index is 2.52. The zero-order valence-corrected chi connectivity index (χ0v) is 11.2. The van der Waals surface area contributed by atoms with Gasteiger partial charge in [0, 0.05) is 12.0 Å². The third-order valence-electron chi connectivity index (χ3n) is 2.04. The molecule has 0 spiro atoms. The molecule has 96 valence electrons. The second-order valence-corrected chi connectivity index (χ2v) is 4.55. The van der Waals surface area contributed by atoms with Gasteiger partial charge in [-0.05, 0) is 28.4 Å². The van der Waals surface area contributed by atoms with Crippen LogP contribution in [0.1, 0.15) is 18.4 Å². The Labute approximate surface area is 111 Å². The number of benzene rings is 1. The zero-order chi connectivity index (χ0) is 12.9. The predicted molar refractivity (Wildman–Crippen MR) is 64.5 cm³/mol. The largest absolute Gasteiger partial charge is 0.492 e. The van der Waals surface area contributed by atoms with Gasteiger partial charge in [0.2, 0.25) is 0 Å². The molecule has 0 bridgehead atoms. The number of halogens is 5. The van der Waals surface area contributed by atoms with E-state index in [0.29, 0.717) is 10.2 Å². The molecule has 1 aromatic carbocycles. The average molecular weight is 332 g/mol. The SMILES string of the molecule is FC(F)(F)CCCOc1c(Br)cccc1CCl. The van der Waals surface area contributed by atoms with Crippen LogP contribution in [-0.4, -0.2) is 12.8 Å². The second-order valence-electron chi connectivity index (χ2n) is 3.43. The first kappa shape index (κ1) is 14.6. The summed E-state index contributed by atoms with van der Waals surface area (Å²) < 4.78 is 41.8. The maximum absolute atomic E-state index is 11.9. The highest BCUT2D eigenvalue weighted by atomic mass is 79.9. The van der Waals surface area contributed by atoms with E-state index in [1.165, 1.54) is 0 Å². The molecular formula is C11H11BrClF3O. The molecule has 0 aliphatic heterocycles. The van der Waals surface area contributed by atoms with Crippen molar-refractivity contribution in [3.05, 3.63) is 28.2 Å². The maximum Gasteiger partial charge on any atom is 0.389 e. The summed E-state index contributed by atoms with van der Waals surface area (Å²) in [6.07, 6.45) is -5.03. The Morgan fingerprint density at radius 3 is 2.59 bits per heavy atom. The number of rotatable bonds is 5. The molecule has 6 heteroatoms. The minimum atomic E-state index is -4.13. The summed E-state index contributed by atoms with van der Waals surface area (Å²) in [6, 6.07) is 5.33. The summed E-state index contributed by atoms with van der Waals surface area (Å²) >= 11 is 8.98. The number of para-hydroxylation sites is 1. The third-order valence-corrected chi connectivity index (χ3v) is 2.96. The molecule has 0 unspecified atom stereocenters. The molecule has 1 aromatic rings. The van der Waals surface area contributed by atoms with Crippen LogP contribution in [0.2, 0.25) is 0 Å². The van der Waals surface area contributed by atoms with Crippen LogP contribution in [0.15, 0.2) is 22.7 Å². The topological polar surface area (TPSA) is 9.23 Å². The van der Waals surface area contributed by atoms with Crippen molar-refractivity contribution >= 4 is 27.5 Å². The van der Waals surface area contributed by atoms with Crippen LogP contribution >= 0.6 is 27.5 Å². The summed E-state index contributed by atoms with van der Waals surface area (Å²) in [5.41, 5.74) is 0.757. The number of hydrogen-bond donors (Lipinski definition) is 0. The van der Waals surface area contributed by atoms with Gasteiger partial charge in [0.15, 0.2) is 0 Å². The average Bonchev–Trinajstić information content (AvgIpc) is 2.24. The van der Waals surface area contributed by atoms with Crippen molar-refractivity contribution in [1.82, 2.24) is 0 Å². The summed E-state index contributed by atoms with van der Waals surface area (Å²) in [4.78, 5) is 0. The molecule has 0 amide bonds. The van der Waals surface area contributed by atoms with E-state index in [2.05, 4.69) is 15.9 Å². The monoisotopic (exact) mass is 330 g/mol. The lowest BCUT2D eigenvalue weighted by molar-refractivity contribution is -0.136. The molecule has 0 N–H and O–H groups in total. The van der Waals surface area contributed by atoms with Crippen molar-refractivity contribution < 1.29 is 17.9 Å². The first-order chi connectivity index (χ1) is 7.94. The molecule has 0 aliphatic rings. The van der Waals surface area contributed by atoms with Crippen LogP contribution in [-0.2, 0) is 5.88 Å². The zero-order valence-electron chi connectivity index (χ0n) is 8.86. The van der Waals surface area contributed by atoms with Gasteiger partial charge < -0.3 is 4.74 Å². The molecule has 1 nitrogen and oxygen atoms in total. The van der Waals surface area contributed by atoms with Gasteiger partial charge in [0.25, 0.3) is 0 Å². The van der Waals surface area contributed by atoms with E-state index < -0.39 is 12.6 Å². The van der Waals surface area contributed by atoms with E-state index in [-0.39, 0.29) is 18.9 Å². The predicted octanol–water partition coefficient (Wildman–Crippen LogP) is 4.91. The van der Waals surface area contributed by atoms with Crippen molar-refractivity contribution in [2.75, 3.05) is 6.61 Å². The normalized spacial score (nSPS) is 11.6. The molecular weight excluding hydrogens is 320 g/mol. The Bertz CT molecular complexity index is 368. The van der Waals surface area contributed by atoms with Crippen LogP contribution in [0.3, 0.4) is 0 Å². The van der Waals surface area contributed by atoms with Gasteiger partial charge in [-0.15, -0.1) is 11.6 Å². The quantitative estimate of drug-likeness (QED) is 0.550. The van der Waals surface area contributed by atoms with Gasteiger partial charge in [0.05, 0.1) is 17.0 Å². The van der Waals surface area contributed by atoms with Crippen molar-refractivity contribution in [2.45, 2.75) is 24.9 Å². The lowest BCUT2D eigenvalue weighted by Crippen LogP contribution is -2.10. The minimum Gasteiger partial charge on any atom is -0.492 e. The maximum atomic E-state index is 11.9. The van der Waals surface area contributed by atoms with E-state index in [4.69, 9.17) is 16.3 Å². The first-order valence-corrected chi connectivity index (χ1v) is 6.29. The summed E-state index contributed by atoms with van der Waals surface area (Å²) in [6.45, 7) is 0.0199. The van der Waals surface area contributed by atoms with Crippen LogP contribution < -0.4 is 4.74 Å². The number of hydrogen-bond acceptors (Lipinski definition) is 1. The van der Waals surface area contributed by atoms with Crippen LogP contribution in [0.4, 0.5) is 13.2 Å². The Kier molecular flexibility index (Phi) is 5.59. The van der Waals surface area contributed by atoms with E-state index in [9.17, 15) is 13.2 Å². The molecule has 0 aromatic heterocycles. The van der Waals surface area contributed by atoms with E-state index in [1.807, 2.05) is 0 Å². The molecule has 0 saturated carbocycles. The minimum absolute atomic E-state index is 0.0199. The lowest BCUT2D eigenvalue weighted by atomic mass is 10.2. The summed E-state index contributed by atoms with van der Waals surface area (Å²) in [7, 11) is 0. The van der Waals surface area contributed by atoms with Crippen LogP contribution in [0.5, 0.6) is 5.75 Å². The molecule has 0 atom stereocenters. The fraction of sp³-hybridized carbons (Fsp3) is 0.455. The van der Waals surface area contributed by atoms with Gasteiger partial charge >= 0.3 is 6.18 Å². The van der Waals surface area contributed by atoms with Gasteiger partial charge in [-0.1, -0.05) is 12.1 Å². The summed E-state index contributed by atoms with van der Waals surface area (Å²) in [5.74, 6) is 0.776. The smallest absolute Gasteiger partial charge is 0.389 e. The molecule has 0 saturated heterocycles. The van der Waals surface area contributed by atoms with E-state index >= 15 is 0 Å². The standard InChI is InChI=1S/C11H11BrClF3O/c12-9-4-1-3-8(7-13)10(9)17-6-2-5-11(14,15)16/h1,3-4H,2,5-7H2. The van der Waals surface area contributed by atoms with Gasteiger partial charge in [-0.25, -0.2) is 0 Å². The highest BCUT2D eigenvalue weighted by molar-refractivity contribution is 9.10. The number of alkyl halides is 4. The molecule has 17 heavy (non-hydrogen) atoms. The van der Waals surface area contributed by atoms with E-state index in [0.717, 1.165) is 5.56 Å². The molecule has 0 heterocycles. The van der Waals surface area contributed by atoms with Crippen LogP contribution in [0, 0.1) is 0 Å². The fourth-order valence-electron chi connectivity index (χ4n) is 1.27. The van der Waals surface area contributed by atoms with Crippen molar-refractivity contribution in [1.29, 1.82) is 0 Å². The molecule has 0 fully saturated rings. The van der Waals surface area contributed by atoms with Gasteiger partial charge in [-0.3, -0.25) is 0 Å². The second kappa shape index (κ2) is 6.50. The van der Waals surface area contributed by atoms with Crippen LogP contribution in [0.25, 0.3) is 0 Å². The highest BCUT2D eigenvalue weighted by Crippen LogP contribution is 2.30. The Morgan fingerprint density at radius 2 is 2.00 bits per heavy atom. The molecule has 0 aliphatic carbocycles. The number of ether oxygens (including phenoxy) is 1. The third kappa shape index (κ3) is 5.17. The van der Waals surface area contributed by atoms with Gasteiger partial charge in [0.1, 0.15) is 5.75 Å². The Hall–Kier alpha value is -0.420. The highest BCUT2D eigenvalue weighted by Gasteiger charge is 2.26. The van der Waals surface area contributed by atoms with Crippen molar-refractivity contribution in [2.24, 2.45) is 0 Å². The van der Waals surface area contributed by atoms with Crippen molar-refractivity contribution in [3.8, 4) is 5.75 Å².